The molecule has 0 aliphatic carbocycles. The minimum Gasteiger partial charge on any atom is -0.497 e. The van der Waals surface area contributed by atoms with E-state index in [-0.39, 0.29) is 5.60 Å². The summed E-state index contributed by atoms with van der Waals surface area (Å²) >= 11 is 0. The third kappa shape index (κ3) is 6.45. The summed E-state index contributed by atoms with van der Waals surface area (Å²) in [6.45, 7) is 9.14. The second-order valence-electron chi connectivity index (χ2n) is 4.89. The molecule has 0 bridgehead atoms. The molecule has 0 heterocycles. The molecule has 0 atom stereocenters. The molecule has 1 N–H and O–H groups in total. The first-order valence-electron chi connectivity index (χ1n) is 6.69. The van der Waals surface area contributed by atoms with Gasteiger partial charge in [0.05, 0.1) is 12.7 Å². The van der Waals surface area contributed by atoms with Gasteiger partial charge in [-0.25, -0.2) is 0 Å². The van der Waals surface area contributed by atoms with Crippen LogP contribution in [0.2, 0.25) is 0 Å². The Hall–Kier alpha value is -1.26. The Balaban J connectivity index is 2.16. The molecule has 0 spiro atoms. The summed E-state index contributed by atoms with van der Waals surface area (Å²) in [4.78, 5) is 0. The normalized spacial score (nSPS) is 11.4. The van der Waals surface area contributed by atoms with Crippen molar-refractivity contribution in [3.63, 3.8) is 0 Å². The van der Waals surface area contributed by atoms with E-state index < -0.39 is 0 Å². The highest BCUT2D eigenvalue weighted by Crippen LogP contribution is 2.16. The second-order valence-corrected chi connectivity index (χ2v) is 4.89. The lowest BCUT2D eigenvalue weighted by Gasteiger charge is -2.25. The summed E-state index contributed by atoms with van der Waals surface area (Å²) in [5, 5.41) is 3.33. The van der Waals surface area contributed by atoms with Gasteiger partial charge in [0.2, 0.25) is 0 Å². The zero-order chi connectivity index (χ0) is 14.1. The Labute approximate surface area is 116 Å². The van der Waals surface area contributed by atoms with Crippen molar-refractivity contribution in [2.24, 2.45) is 0 Å². The fourth-order valence-corrected chi connectivity index (χ4v) is 1.74. The van der Waals surface area contributed by atoms with Crippen molar-refractivity contribution >= 4 is 0 Å². The topological polar surface area (TPSA) is 39.7 Å². The smallest absolute Gasteiger partial charge is 0.119 e. The Bertz CT molecular complexity index is 349. The Morgan fingerprint density at radius 1 is 1.11 bits per heavy atom. The lowest BCUT2D eigenvalue weighted by molar-refractivity contribution is -0.00902. The maximum Gasteiger partial charge on any atom is 0.119 e. The van der Waals surface area contributed by atoms with E-state index in [4.69, 9.17) is 14.2 Å². The van der Waals surface area contributed by atoms with Crippen LogP contribution in [-0.2, 0) is 4.74 Å². The predicted octanol–water partition coefficient (Wildman–Crippen LogP) is 2.48. The molecule has 0 amide bonds. The SMILES string of the molecule is CCOC(C)(C)CNCCOc1ccc(OC)cc1. The van der Waals surface area contributed by atoms with Gasteiger partial charge in [-0.1, -0.05) is 0 Å². The number of ether oxygens (including phenoxy) is 3. The zero-order valence-corrected chi connectivity index (χ0v) is 12.4. The van der Waals surface area contributed by atoms with Crippen LogP contribution in [0.3, 0.4) is 0 Å². The van der Waals surface area contributed by atoms with Gasteiger partial charge in [0.15, 0.2) is 0 Å². The van der Waals surface area contributed by atoms with Crippen molar-refractivity contribution in [3.05, 3.63) is 24.3 Å². The summed E-state index contributed by atoms with van der Waals surface area (Å²) in [6.07, 6.45) is 0. The van der Waals surface area contributed by atoms with Crippen molar-refractivity contribution in [1.82, 2.24) is 5.32 Å². The third-order valence-corrected chi connectivity index (χ3v) is 2.69. The van der Waals surface area contributed by atoms with Crippen molar-refractivity contribution in [2.45, 2.75) is 26.4 Å². The van der Waals surface area contributed by atoms with E-state index >= 15 is 0 Å². The van der Waals surface area contributed by atoms with Crippen molar-refractivity contribution in [2.75, 3.05) is 33.4 Å². The molecule has 0 radical (unpaired) electrons. The van der Waals surface area contributed by atoms with Crippen LogP contribution in [0.5, 0.6) is 11.5 Å². The van der Waals surface area contributed by atoms with Crippen LogP contribution in [0.25, 0.3) is 0 Å². The minimum absolute atomic E-state index is 0.130. The van der Waals surface area contributed by atoms with Crippen LogP contribution in [0.4, 0.5) is 0 Å². The largest absolute Gasteiger partial charge is 0.497 e. The summed E-state index contributed by atoms with van der Waals surface area (Å²) in [5.74, 6) is 1.69. The fraction of sp³-hybridized carbons (Fsp3) is 0.600. The van der Waals surface area contributed by atoms with E-state index in [1.54, 1.807) is 7.11 Å². The number of hydrogen-bond donors (Lipinski definition) is 1. The van der Waals surface area contributed by atoms with Gasteiger partial charge in [-0.2, -0.15) is 0 Å². The lowest BCUT2D eigenvalue weighted by atomic mass is 10.1. The highest BCUT2D eigenvalue weighted by Gasteiger charge is 2.16. The predicted molar refractivity (Wildman–Crippen MR) is 77.1 cm³/mol. The minimum atomic E-state index is -0.130. The molecule has 0 aliphatic rings. The van der Waals surface area contributed by atoms with Crippen LogP contribution in [0.15, 0.2) is 24.3 Å². The van der Waals surface area contributed by atoms with Gasteiger partial charge >= 0.3 is 0 Å². The van der Waals surface area contributed by atoms with E-state index in [1.165, 1.54) is 0 Å². The summed E-state index contributed by atoms with van der Waals surface area (Å²) in [5.41, 5.74) is -0.130. The van der Waals surface area contributed by atoms with E-state index in [2.05, 4.69) is 19.2 Å². The van der Waals surface area contributed by atoms with Crippen LogP contribution < -0.4 is 14.8 Å². The molecule has 108 valence electrons. The van der Waals surface area contributed by atoms with Gasteiger partial charge in [0.1, 0.15) is 18.1 Å². The van der Waals surface area contributed by atoms with Gasteiger partial charge in [-0.3, -0.25) is 0 Å². The molecule has 0 saturated heterocycles. The second kappa shape index (κ2) is 8.02. The summed E-state index contributed by atoms with van der Waals surface area (Å²) in [6, 6.07) is 7.59. The van der Waals surface area contributed by atoms with Crippen molar-refractivity contribution in [1.29, 1.82) is 0 Å². The molecule has 0 aliphatic heterocycles. The van der Waals surface area contributed by atoms with Gasteiger partial charge in [-0.15, -0.1) is 0 Å². The maximum absolute atomic E-state index is 5.62. The average molecular weight is 267 g/mol. The van der Waals surface area contributed by atoms with Gasteiger partial charge in [0, 0.05) is 19.7 Å². The Kier molecular flexibility index (Phi) is 6.67. The summed E-state index contributed by atoms with van der Waals surface area (Å²) < 4.78 is 16.3. The first-order valence-corrected chi connectivity index (χ1v) is 6.69. The molecular formula is C15H25NO3. The van der Waals surface area contributed by atoms with Crippen LogP contribution >= 0.6 is 0 Å². The molecule has 0 unspecified atom stereocenters. The zero-order valence-electron chi connectivity index (χ0n) is 12.4. The molecule has 4 nitrogen and oxygen atoms in total. The molecule has 19 heavy (non-hydrogen) atoms. The molecule has 1 rings (SSSR count). The Morgan fingerprint density at radius 2 is 1.74 bits per heavy atom. The molecular weight excluding hydrogens is 242 g/mol. The third-order valence-electron chi connectivity index (χ3n) is 2.69. The number of benzene rings is 1. The van der Waals surface area contributed by atoms with Gasteiger partial charge in [-0.05, 0) is 45.0 Å². The summed E-state index contributed by atoms with van der Waals surface area (Å²) in [7, 11) is 1.65. The fourth-order valence-electron chi connectivity index (χ4n) is 1.74. The first-order chi connectivity index (χ1) is 9.07. The van der Waals surface area contributed by atoms with Gasteiger partial charge in [0.25, 0.3) is 0 Å². The quantitative estimate of drug-likeness (QED) is 0.698. The molecule has 1 aromatic rings. The van der Waals surface area contributed by atoms with Gasteiger partial charge < -0.3 is 19.5 Å². The van der Waals surface area contributed by atoms with E-state index in [0.29, 0.717) is 6.61 Å². The Morgan fingerprint density at radius 3 is 2.32 bits per heavy atom. The number of nitrogens with one attached hydrogen (secondary N) is 1. The maximum atomic E-state index is 5.62. The number of hydrogen-bond acceptors (Lipinski definition) is 4. The molecule has 4 heteroatoms. The standard InChI is InChI=1S/C15H25NO3/c1-5-19-15(2,3)12-16-10-11-18-14-8-6-13(17-4)7-9-14/h6-9,16H,5,10-12H2,1-4H3. The monoisotopic (exact) mass is 267 g/mol. The van der Waals surface area contributed by atoms with Crippen LogP contribution in [0.1, 0.15) is 20.8 Å². The first kappa shape index (κ1) is 15.8. The molecule has 0 aromatic heterocycles. The molecule has 0 saturated carbocycles. The van der Waals surface area contributed by atoms with Crippen LogP contribution in [0, 0.1) is 0 Å². The van der Waals surface area contributed by atoms with Crippen LogP contribution in [-0.4, -0.2) is 39.0 Å². The van der Waals surface area contributed by atoms with E-state index in [1.807, 2.05) is 31.2 Å². The number of rotatable bonds is 9. The molecule has 0 fully saturated rings. The van der Waals surface area contributed by atoms with E-state index in [9.17, 15) is 0 Å². The average Bonchev–Trinajstić information content (AvgIpc) is 2.39. The number of methoxy groups -OCH3 is 1. The van der Waals surface area contributed by atoms with E-state index in [0.717, 1.165) is 31.2 Å². The van der Waals surface area contributed by atoms with Crippen molar-refractivity contribution in [3.8, 4) is 11.5 Å². The van der Waals surface area contributed by atoms with Crippen molar-refractivity contribution < 1.29 is 14.2 Å². The highest BCUT2D eigenvalue weighted by atomic mass is 16.5. The lowest BCUT2D eigenvalue weighted by Crippen LogP contribution is -2.39. The molecule has 1 aromatic carbocycles. The highest BCUT2D eigenvalue weighted by molar-refractivity contribution is 5.31.